The van der Waals surface area contributed by atoms with Gasteiger partial charge in [-0.2, -0.15) is 20.5 Å². The van der Waals surface area contributed by atoms with Crippen LogP contribution in [-0.4, -0.2) is 11.6 Å². The van der Waals surface area contributed by atoms with E-state index in [4.69, 9.17) is 10.2 Å². The number of nitrogens with zero attached hydrogens (tertiary/aromatic N) is 4. The predicted octanol–water partition coefficient (Wildman–Crippen LogP) is 16.2. The number of hydrogen-bond acceptors (Lipinski definition) is 6. The molecule has 0 fully saturated rings. The molecule has 4 aromatic rings. The summed E-state index contributed by atoms with van der Waals surface area (Å²) in [5, 5.41) is 22.5. The number of allylic oxidation sites excluding steroid dienone is 10. The molecule has 0 saturated carbocycles. The summed E-state index contributed by atoms with van der Waals surface area (Å²) >= 11 is 7.37. The van der Waals surface area contributed by atoms with Crippen molar-refractivity contribution in [3.63, 3.8) is 0 Å². The molecule has 0 unspecified atom stereocenters. The Kier molecular flexibility index (Phi) is 11.7. The first kappa shape index (κ1) is 42.9. The lowest BCUT2D eigenvalue weighted by Crippen LogP contribution is -2.27. The number of Topliss-reactive ketones (excluding diaryl/α,β-unsaturated/α-hetero) is 2. The van der Waals surface area contributed by atoms with Crippen molar-refractivity contribution in [3.05, 3.63) is 140 Å². The zero-order valence-electron chi connectivity index (χ0n) is 35.6. The minimum atomic E-state index is -0.311. The Labute approximate surface area is 360 Å². The van der Waals surface area contributed by atoms with Crippen LogP contribution in [0.25, 0.3) is 32.7 Å². The number of fused-ring (bicyclic) bond motifs is 2. The summed E-state index contributed by atoms with van der Waals surface area (Å²) in [4.78, 5) is 26.9. The van der Waals surface area contributed by atoms with Gasteiger partial charge >= 0.3 is 0 Å². The van der Waals surface area contributed by atoms with Crippen LogP contribution in [0.2, 0.25) is 0 Å². The van der Waals surface area contributed by atoms with Gasteiger partial charge in [-0.3, -0.25) is 9.59 Å². The van der Waals surface area contributed by atoms with Crippen molar-refractivity contribution >= 4 is 76.3 Å². The largest absolute Gasteiger partial charge is 0.289 e. The van der Waals surface area contributed by atoms with Crippen LogP contribution in [0, 0.1) is 21.7 Å². The van der Waals surface area contributed by atoms with E-state index in [9.17, 15) is 9.59 Å². The van der Waals surface area contributed by atoms with Crippen molar-refractivity contribution in [1.29, 1.82) is 0 Å². The van der Waals surface area contributed by atoms with Crippen molar-refractivity contribution in [2.75, 3.05) is 0 Å². The smallest absolute Gasteiger partial charge is 0.186 e. The van der Waals surface area contributed by atoms with Crippen molar-refractivity contribution in [2.45, 2.75) is 83.1 Å². The summed E-state index contributed by atoms with van der Waals surface area (Å²) in [6.07, 6.45) is 11.2. The van der Waals surface area contributed by atoms with E-state index in [-0.39, 0.29) is 33.2 Å². The highest BCUT2D eigenvalue weighted by Crippen LogP contribution is 2.44. The first-order chi connectivity index (χ1) is 26.9. The zero-order valence-corrected chi connectivity index (χ0v) is 38.8. The van der Waals surface area contributed by atoms with Gasteiger partial charge in [-0.25, -0.2) is 0 Å². The van der Waals surface area contributed by atoms with Gasteiger partial charge in [0.05, 0.1) is 23.8 Å². The minimum absolute atomic E-state index is 0.0892. The summed E-state index contributed by atoms with van der Waals surface area (Å²) in [6.45, 7) is 24.8. The summed E-state index contributed by atoms with van der Waals surface area (Å²) in [6, 6.07) is 20.6. The summed E-state index contributed by atoms with van der Waals surface area (Å²) < 4.78 is 1.87. The Morgan fingerprint density at radius 3 is 1.03 bits per heavy atom. The molecule has 0 aliphatic heterocycles. The third kappa shape index (κ3) is 9.14. The van der Waals surface area contributed by atoms with Gasteiger partial charge in [0.1, 0.15) is 0 Å². The fourth-order valence-electron chi connectivity index (χ4n) is 7.25. The van der Waals surface area contributed by atoms with Gasteiger partial charge in [-0.05, 0) is 115 Å². The maximum atomic E-state index is 13.4. The van der Waals surface area contributed by atoms with Crippen LogP contribution in [0.15, 0.2) is 160 Å². The Hall–Kier alpha value is -4.66. The average Bonchev–Trinajstić information content (AvgIpc) is 3.11. The molecule has 298 valence electrons. The summed E-state index contributed by atoms with van der Waals surface area (Å²) in [5.74, 6) is 0.178. The molecule has 0 atom stereocenters. The average molecular weight is 901 g/mol. The van der Waals surface area contributed by atoms with Crippen molar-refractivity contribution in [3.8, 4) is 11.1 Å². The number of rotatable bonds is 5. The van der Waals surface area contributed by atoms with Gasteiger partial charge in [-0.1, -0.05) is 139 Å². The van der Waals surface area contributed by atoms with E-state index in [1.54, 1.807) is 12.4 Å². The Morgan fingerprint density at radius 2 is 0.741 bits per heavy atom. The van der Waals surface area contributed by atoms with Crippen molar-refractivity contribution in [1.82, 2.24) is 0 Å². The minimum Gasteiger partial charge on any atom is -0.289 e. The molecular weight excluding hydrogens is 848 g/mol. The molecule has 0 aromatic heterocycles. The van der Waals surface area contributed by atoms with Gasteiger partial charge in [0.2, 0.25) is 0 Å². The van der Waals surface area contributed by atoms with E-state index in [1.165, 1.54) is 0 Å². The highest BCUT2D eigenvalue weighted by atomic mass is 79.9. The molecule has 4 aromatic carbocycles. The van der Waals surface area contributed by atoms with E-state index in [0.29, 0.717) is 0 Å². The number of hydrogen-bond donors (Lipinski definition) is 0. The molecule has 2 aliphatic rings. The second-order valence-electron chi connectivity index (χ2n) is 19.2. The SMILES string of the molecule is CC(C)(C)C1=CC(=CN=Nc2ccc(-c3ccc(N=NC=C4C=C(C(C)(C)C)C(=O)C(C(C)(C)C)=C4)c4cc(Br)ccc34)c3ccc(Br)cc23)C=C(C(C)(C)C)C1=O. The maximum Gasteiger partial charge on any atom is 0.186 e. The van der Waals surface area contributed by atoms with E-state index >= 15 is 0 Å². The molecule has 0 N–H and O–H groups in total. The van der Waals surface area contributed by atoms with Crippen LogP contribution >= 0.6 is 31.9 Å². The lowest BCUT2D eigenvalue weighted by Gasteiger charge is -2.31. The Balaban J connectivity index is 1.41. The zero-order chi connectivity index (χ0) is 42.5. The molecule has 6 nitrogen and oxygen atoms in total. The highest BCUT2D eigenvalue weighted by molar-refractivity contribution is 9.10. The molecule has 58 heavy (non-hydrogen) atoms. The molecule has 0 amide bonds. The van der Waals surface area contributed by atoms with Gasteiger partial charge in [0.25, 0.3) is 0 Å². The molecule has 2 aliphatic carbocycles. The molecule has 8 heteroatoms. The maximum absolute atomic E-state index is 13.4. The van der Waals surface area contributed by atoms with Gasteiger partial charge in [0.15, 0.2) is 11.6 Å². The predicted molar refractivity (Wildman–Crippen MR) is 248 cm³/mol. The van der Waals surface area contributed by atoms with Crippen LogP contribution in [0.4, 0.5) is 11.4 Å². The lowest BCUT2D eigenvalue weighted by atomic mass is 9.72. The van der Waals surface area contributed by atoms with Crippen molar-refractivity contribution < 1.29 is 9.59 Å². The number of benzene rings is 4. The topological polar surface area (TPSA) is 83.6 Å². The van der Waals surface area contributed by atoms with Gasteiger partial charge in [-0.15, -0.1) is 0 Å². The third-order valence-corrected chi connectivity index (χ3v) is 11.4. The Morgan fingerprint density at radius 1 is 0.431 bits per heavy atom. The Bertz CT molecular complexity index is 2380. The van der Waals surface area contributed by atoms with Crippen LogP contribution in [-0.2, 0) is 9.59 Å². The quantitative estimate of drug-likeness (QED) is 0.187. The normalized spacial score (nSPS) is 16.0. The summed E-state index contributed by atoms with van der Waals surface area (Å²) in [5.41, 5.74) is 7.07. The molecular formula is C50H52Br2N4O2. The molecule has 0 heterocycles. The number of carbonyl (C=O) groups excluding carboxylic acids is 2. The number of ketones is 2. The molecule has 0 saturated heterocycles. The van der Waals surface area contributed by atoms with Crippen LogP contribution < -0.4 is 0 Å². The number of azo groups is 2. The second-order valence-corrected chi connectivity index (χ2v) is 21.1. The highest BCUT2D eigenvalue weighted by Gasteiger charge is 2.35. The standard InChI is InChI=1S/C50H52Br2N4O2/c1-47(2,3)39-21-29(22-40(45(39)57)48(4,5)6)27-53-55-43-19-17-33(35-15-13-31(51)25-37(35)43)34-18-20-44(38-26-32(52)14-16-36(34)38)56-54-28-30-23-41(49(7,8)9)46(58)42(24-30)50(10,11)12/h13-28H,1-12H3. The lowest BCUT2D eigenvalue weighted by molar-refractivity contribution is -0.114. The fraction of sp³-hybridized carbons (Fsp3) is 0.320. The van der Waals surface area contributed by atoms with Crippen LogP contribution in [0.5, 0.6) is 0 Å². The monoisotopic (exact) mass is 898 g/mol. The second kappa shape index (κ2) is 15.8. The number of halogens is 2. The number of carbonyl (C=O) groups is 2. The summed E-state index contributed by atoms with van der Waals surface area (Å²) in [7, 11) is 0. The van der Waals surface area contributed by atoms with E-state index in [0.717, 1.165) is 86.4 Å². The first-order valence-electron chi connectivity index (χ1n) is 19.6. The fourth-order valence-corrected chi connectivity index (χ4v) is 7.97. The molecule has 0 bridgehead atoms. The third-order valence-electron chi connectivity index (χ3n) is 10.4. The van der Waals surface area contributed by atoms with Crippen LogP contribution in [0.1, 0.15) is 83.1 Å². The molecule has 0 radical (unpaired) electrons. The van der Waals surface area contributed by atoms with Crippen LogP contribution in [0.3, 0.4) is 0 Å². The van der Waals surface area contributed by atoms with Gasteiger partial charge in [0, 0.05) is 42.0 Å². The first-order valence-corrected chi connectivity index (χ1v) is 21.2. The molecule has 6 rings (SSSR count). The molecule has 0 spiro atoms. The van der Waals surface area contributed by atoms with Crippen molar-refractivity contribution in [2.24, 2.45) is 42.1 Å². The van der Waals surface area contributed by atoms with E-state index < -0.39 is 0 Å². The van der Waals surface area contributed by atoms with E-state index in [2.05, 4.69) is 162 Å². The van der Waals surface area contributed by atoms with E-state index in [1.807, 2.05) is 48.6 Å². The van der Waals surface area contributed by atoms with Gasteiger partial charge < -0.3 is 0 Å².